The van der Waals surface area contributed by atoms with Gasteiger partial charge in [-0.1, -0.05) is 36.2 Å². The van der Waals surface area contributed by atoms with Gasteiger partial charge in [-0.2, -0.15) is 9.78 Å². The zero-order chi connectivity index (χ0) is 25.1. The van der Waals surface area contributed by atoms with Crippen LogP contribution in [0.15, 0.2) is 73.1 Å². The number of aromatic nitrogens is 3. The number of phenolic OH excluding ortho intramolecular Hbond substituents is 1. The van der Waals surface area contributed by atoms with E-state index in [2.05, 4.69) is 20.7 Å². The predicted molar refractivity (Wildman–Crippen MR) is 137 cm³/mol. The molecule has 8 nitrogen and oxygen atoms in total. The van der Waals surface area contributed by atoms with Crippen LogP contribution < -0.4 is 10.6 Å². The highest BCUT2D eigenvalue weighted by Gasteiger charge is 2.27. The Morgan fingerprint density at radius 3 is 2.67 bits per heavy atom. The Kier molecular flexibility index (Phi) is 6.49. The van der Waals surface area contributed by atoms with E-state index in [4.69, 9.17) is 0 Å². The Bertz CT molecular complexity index is 1410. The number of carbonyl (C=O) groups excluding carboxylic acids is 2. The van der Waals surface area contributed by atoms with Gasteiger partial charge in [-0.15, -0.1) is 0 Å². The van der Waals surface area contributed by atoms with E-state index in [0.29, 0.717) is 29.1 Å². The first kappa shape index (κ1) is 23.3. The van der Waals surface area contributed by atoms with Crippen LogP contribution in [-0.2, 0) is 6.54 Å². The van der Waals surface area contributed by atoms with E-state index in [9.17, 15) is 14.7 Å². The summed E-state index contributed by atoms with van der Waals surface area (Å²) in [5.41, 5.74) is 4.79. The summed E-state index contributed by atoms with van der Waals surface area (Å²) in [6.07, 6.45) is 6.17. The number of phenols is 1. The molecule has 1 aliphatic rings. The summed E-state index contributed by atoms with van der Waals surface area (Å²) in [5, 5.41) is 20.9. The lowest BCUT2D eigenvalue weighted by molar-refractivity contribution is 0.102. The van der Waals surface area contributed by atoms with Gasteiger partial charge in [0, 0.05) is 36.1 Å². The van der Waals surface area contributed by atoms with Crippen LogP contribution in [0.2, 0.25) is 0 Å². The maximum Gasteiger partial charge on any atom is 0.342 e. The smallest absolute Gasteiger partial charge is 0.342 e. The third-order valence-electron chi connectivity index (χ3n) is 6.43. The van der Waals surface area contributed by atoms with E-state index in [1.807, 2.05) is 37.3 Å². The normalized spacial score (nSPS) is 13.1. The molecule has 1 fully saturated rings. The molecule has 4 aromatic rings. The topological polar surface area (TPSA) is 109 Å². The zero-order valence-corrected chi connectivity index (χ0v) is 19.9. The van der Waals surface area contributed by atoms with Crippen molar-refractivity contribution in [1.82, 2.24) is 20.1 Å². The summed E-state index contributed by atoms with van der Waals surface area (Å²) in [4.78, 5) is 29.7. The average Bonchev–Trinajstić information content (AvgIpc) is 3.27. The second kappa shape index (κ2) is 10.0. The average molecular weight is 482 g/mol. The summed E-state index contributed by atoms with van der Waals surface area (Å²) in [5.74, 6) is -0.0538. The molecule has 8 heteroatoms. The number of pyridine rings is 1. The Morgan fingerprint density at radius 1 is 1.08 bits per heavy atom. The number of nitrogens with zero attached hydrogens (tertiary/aromatic N) is 3. The number of hydrogen-bond acceptors (Lipinski definition) is 5. The van der Waals surface area contributed by atoms with Gasteiger partial charge in [-0.05, 0) is 61.7 Å². The maximum absolute atomic E-state index is 13.1. The summed E-state index contributed by atoms with van der Waals surface area (Å²) in [7, 11) is 0. The van der Waals surface area contributed by atoms with Crippen molar-refractivity contribution >= 4 is 17.6 Å². The molecule has 0 atom stereocenters. The van der Waals surface area contributed by atoms with Gasteiger partial charge in [0.2, 0.25) is 0 Å². The van der Waals surface area contributed by atoms with Crippen molar-refractivity contribution in [3.63, 3.8) is 0 Å². The van der Waals surface area contributed by atoms with Crippen molar-refractivity contribution in [1.29, 1.82) is 0 Å². The van der Waals surface area contributed by atoms with Crippen molar-refractivity contribution in [2.75, 3.05) is 5.32 Å². The first-order valence-electron chi connectivity index (χ1n) is 12.0. The highest BCUT2D eigenvalue weighted by molar-refractivity contribution is 6.04. The second-order valence-corrected chi connectivity index (χ2v) is 9.07. The molecule has 0 radical (unpaired) electrons. The van der Waals surface area contributed by atoms with Crippen molar-refractivity contribution in [2.24, 2.45) is 0 Å². The summed E-state index contributed by atoms with van der Waals surface area (Å²) in [6.45, 7) is 2.40. The minimum absolute atomic E-state index is 0.0133. The van der Waals surface area contributed by atoms with Crippen LogP contribution in [0.4, 0.5) is 10.5 Å². The van der Waals surface area contributed by atoms with Gasteiger partial charge in [0.15, 0.2) is 0 Å². The number of benzene rings is 2. The maximum atomic E-state index is 13.1. The molecule has 0 aliphatic heterocycles. The first-order valence-corrected chi connectivity index (χ1v) is 12.0. The summed E-state index contributed by atoms with van der Waals surface area (Å²) >= 11 is 0. The minimum Gasteiger partial charge on any atom is -0.507 e. The van der Waals surface area contributed by atoms with E-state index in [0.717, 1.165) is 36.1 Å². The molecule has 2 amide bonds. The standard InChI is InChI=1S/C28H27N5O3/c1-18-5-2-6-19(13-18)16-30-28(36)33-25(20-7-3-8-20)15-24(32-33)23-14-22(10-11-26(23)34)31-27(35)21-9-4-12-29-17-21/h2,4-6,9-15,17,20,34H,3,7-8,16H2,1H3,(H,30,36)(H,31,35). The van der Waals surface area contributed by atoms with Crippen LogP contribution in [0.1, 0.15) is 52.4 Å². The van der Waals surface area contributed by atoms with Gasteiger partial charge in [-0.25, -0.2) is 4.79 Å². The number of carbonyl (C=O) groups is 2. The minimum atomic E-state index is -0.315. The summed E-state index contributed by atoms with van der Waals surface area (Å²) < 4.78 is 1.41. The predicted octanol–water partition coefficient (Wildman–Crippen LogP) is 5.24. The largest absolute Gasteiger partial charge is 0.507 e. The quantitative estimate of drug-likeness (QED) is 0.327. The van der Waals surface area contributed by atoms with E-state index < -0.39 is 0 Å². The molecule has 2 aromatic carbocycles. The monoisotopic (exact) mass is 481 g/mol. The fourth-order valence-corrected chi connectivity index (χ4v) is 4.28. The number of amides is 2. The van der Waals surface area contributed by atoms with Gasteiger partial charge in [-0.3, -0.25) is 9.78 Å². The van der Waals surface area contributed by atoms with Crippen LogP contribution in [0.5, 0.6) is 5.75 Å². The zero-order valence-electron chi connectivity index (χ0n) is 19.9. The SMILES string of the molecule is Cc1cccc(CNC(=O)n2nc(-c3cc(NC(=O)c4cccnc4)ccc3O)cc2C2CCC2)c1. The van der Waals surface area contributed by atoms with E-state index in [-0.39, 0.29) is 23.6 Å². The summed E-state index contributed by atoms with van der Waals surface area (Å²) in [6, 6.07) is 17.7. The van der Waals surface area contributed by atoms with E-state index in [1.165, 1.54) is 16.9 Å². The molecule has 3 N–H and O–H groups in total. The molecular weight excluding hydrogens is 454 g/mol. The van der Waals surface area contributed by atoms with Crippen molar-refractivity contribution in [3.05, 3.63) is 95.4 Å². The van der Waals surface area contributed by atoms with Crippen LogP contribution in [0, 0.1) is 6.92 Å². The number of hydrogen-bond donors (Lipinski definition) is 3. The molecule has 0 spiro atoms. The highest BCUT2D eigenvalue weighted by atomic mass is 16.3. The number of anilines is 1. The molecular formula is C28H27N5O3. The molecule has 2 heterocycles. The molecule has 182 valence electrons. The fourth-order valence-electron chi connectivity index (χ4n) is 4.28. The molecule has 0 unspecified atom stereocenters. The van der Waals surface area contributed by atoms with Crippen molar-refractivity contribution in [3.8, 4) is 17.0 Å². The molecule has 5 rings (SSSR count). The molecule has 1 saturated carbocycles. The van der Waals surface area contributed by atoms with Gasteiger partial charge in [0.05, 0.1) is 17.0 Å². The third kappa shape index (κ3) is 4.98. The lowest BCUT2D eigenvalue weighted by atomic mass is 9.82. The Morgan fingerprint density at radius 2 is 1.94 bits per heavy atom. The number of aryl methyl sites for hydroxylation is 1. The molecule has 2 aromatic heterocycles. The van der Waals surface area contributed by atoms with Crippen molar-refractivity contribution < 1.29 is 14.7 Å². The molecule has 36 heavy (non-hydrogen) atoms. The first-order chi connectivity index (χ1) is 17.5. The number of nitrogens with one attached hydrogen (secondary N) is 2. The van der Waals surface area contributed by atoms with Crippen LogP contribution in [-0.4, -0.2) is 31.8 Å². The third-order valence-corrected chi connectivity index (χ3v) is 6.43. The molecule has 0 bridgehead atoms. The Balaban J connectivity index is 1.40. The molecule has 1 aliphatic carbocycles. The van der Waals surface area contributed by atoms with Crippen LogP contribution in [0.25, 0.3) is 11.3 Å². The highest BCUT2D eigenvalue weighted by Crippen LogP contribution is 2.39. The lowest BCUT2D eigenvalue weighted by Gasteiger charge is -2.25. The Labute approximate surface area is 209 Å². The van der Waals surface area contributed by atoms with Crippen LogP contribution in [0.3, 0.4) is 0 Å². The van der Waals surface area contributed by atoms with Gasteiger partial charge in [0.1, 0.15) is 5.75 Å². The lowest BCUT2D eigenvalue weighted by Crippen LogP contribution is -2.31. The van der Waals surface area contributed by atoms with Crippen molar-refractivity contribution in [2.45, 2.75) is 38.6 Å². The second-order valence-electron chi connectivity index (χ2n) is 9.07. The van der Waals surface area contributed by atoms with Gasteiger partial charge in [0.25, 0.3) is 5.91 Å². The number of rotatable bonds is 6. The molecule has 0 saturated heterocycles. The van der Waals surface area contributed by atoms with E-state index in [1.54, 1.807) is 30.5 Å². The Hall–Kier alpha value is -4.46. The fraction of sp³-hybridized carbons (Fsp3) is 0.214. The van der Waals surface area contributed by atoms with E-state index >= 15 is 0 Å². The van der Waals surface area contributed by atoms with Crippen LogP contribution >= 0.6 is 0 Å². The van der Waals surface area contributed by atoms with Gasteiger partial charge >= 0.3 is 6.03 Å². The van der Waals surface area contributed by atoms with Gasteiger partial charge < -0.3 is 15.7 Å². The number of aromatic hydroxyl groups is 1.